The predicted octanol–water partition coefficient (Wildman–Crippen LogP) is 3.64. The molecule has 0 fully saturated rings. The largest absolute Gasteiger partial charge is 0.493 e. The Kier molecular flexibility index (Phi) is 6.09. The Morgan fingerprint density at radius 3 is 2.42 bits per heavy atom. The number of anilines is 1. The van der Waals surface area contributed by atoms with Crippen molar-refractivity contribution in [2.45, 2.75) is 47.0 Å². The number of aliphatic hydroxyl groups excluding tert-OH is 1. The Morgan fingerprint density at radius 2 is 1.83 bits per heavy atom. The molecule has 1 heterocycles. The molecule has 0 spiro atoms. The lowest BCUT2D eigenvalue weighted by atomic mass is 10.1. The summed E-state index contributed by atoms with van der Waals surface area (Å²) in [6.07, 6.45) is -0.873. The molecule has 1 aromatic heterocycles. The van der Waals surface area contributed by atoms with Gasteiger partial charge in [0.25, 0.3) is 0 Å². The van der Waals surface area contributed by atoms with Crippen LogP contribution in [0.3, 0.4) is 0 Å². The van der Waals surface area contributed by atoms with Crippen molar-refractivity contribution in [3.63, 3.8) is 0 Å². The fourth-order valence-electron chi connectivity index (χ4n) is 2.15. The van der Waals surface area contributed by atoms with Crippen LogP contribution in [-0.4, -0.2) is 28.0 Å². The van der Waals surface area contributed by atoms with Crippen LogP contribution in [0.1, 0.15) is 45.2 Å². The van der Waals surface area contributed by atoms with E-state index in [0.717, 1.165) is 5.69 Å². The first kappa shape index (κ1) is 18.1. The third-order valence-corrected chi connectivity index (χ3v) is 3.16. The summed E-state index contributed by atoms with van der Waals surface area (Å²) in [5.41, 5.74) is 1.58. The highest BCUT2D eigenvalue weighted by Crippen LogP contribution is 2.28. The molecule has 132 valence electrons. The van der Waals surface area contributed by atoms with E-state index in [0.29, 0.717) is 35.4 Å². The van der Waals surface area contributed by atoms with Crippen LogP contribution in [0.2, 0.25) is 0 Å². The number of aryl methyl sites for hydroxylation is 1. The van der Waals surface area contributed by atoms with Crippen LogP contribution in [0.5, 0.6) is 11.5 Å². The molecule has 6 nitrogen and oxygen atoms in total. The van der Waals surface area contributed by atoms with Gasteiger partial charge in [0.15, 0.2) is 6.23 Å². The van der Waals surface area contributed by atoms with Crippen LogP contribution in [0, 0.1) is 12.8 Å². The molecule has 0 amide bonds. The number of hydrogen-bond donors (Lipinski definition) is 3. The molecule has 0 saturated carbocycles. The van der Waals surface area contributed by atoms with Crippen molar-refractivity contribution in [2.75, 3.05) is 11.9 Å². The van der Waals surface area contributed by atoms with Crippen LogP contribution in [-0.2, 0) is 0 Å². The number of nitrogens with zero attached hydrogens (tertiary/aromatic N) is 1. The number of rotatable bonds is 8. The van der Waals surface area contributed by atoms with Crippen molar-refractivity contribution in [2.24, 2.45) is 5.92 Å². The maximum atomic E-state index is 10.5. The molecule has 1 atom stereocenters. The second-order valence-corrected chi connectivity index (χ2v) is 6.59. The van der Waals surface area contributed by atoms with E-state index in [-0.39, 0.29) is 6.10 Å². The lowest BCUT2D eigenvalue weighted by Gasteiger charge is -2.18. The number of benzene rings is 1. The van der Waals surface area contributed by atoms with Crippen LogP contribution in [0.4, 0.5) is 5.82 Å². The van der Waals surface area contributed by atoms with Gasteiger partial charge in [0.1, 0.15) is 17.3 Å². The van der Waals surface area contributed by atoms with Crippen LogP contribution >= 0.6 is 0 Å². The maximum Gasteiger partial charge on any atom is 0.152 e. The Hall–Kier alpha value is -2.21. The zero-order valence-electron chi connectivity index (χ0n) is 15.0. The molecule has 6 heteroatoms. The molecule has 1 unspecified atom stereocenters. The molecule has 0 saturated heterocycles. The zero-order chi connectivity index (χ0) is 17.7. The predicted molar refractivity (Wildman–Crippen MR) is 94.4 cm³/mol. The maximum absolute atomic E-state index is 10.5. The van der Waals surface area contributed by atoms with Gasteiger partial charge < -0.3 is 19.9 Å². The number of aromatic amines is 1. The molecule has 1 aromatic carbocycles. The summed E-state index contributed by atoms with van der Waals surface area (Å²) < 4.78 is 11.6. The Balaban J connectivity index is 2.20. The van der Waals surface area contributed by atoms with Crippen LogP contribution in [0.15, 0.2) is 24.3 Å². The second-order valence-electron chi connectivity index (χ2n) is 6.59. The van der Waals surface area contributed by atoms with E-state index in [1.54, 1.807) is 6.07 Å². The minimum Gasteiger partial charge on any atom is -0.493 e. The molecular formula is C18H27N3O3. The van der Waals surface area contributed by atoms with Gasteiger partial charge in [0.2, 0.25) is 0 Å². The lowest BCUT2D eigenvalue weighted by molar-refractivity contribution is 0.203. The number of aromatic nitrogens is 2. The van der Waals surface area contributed by atoms with Gasteiger partial charge in [0, 0.05) is 23.4 Å². The van der Waals surface area contributed by atoms with E-state index in [9.17, 15) is 5.11 Å². The summed E-state index contributed by atoms with van der Waals surface area (Å²) >= 11 is 0. The van der Waals surface area contributed by atoms with Gasteiger partial charge in [-0.3, -0.25) is 5.10 Å². The zero-order valence-corrected chi connectivity index (χ0v) is 15.0. The quantitative estimate of drug-likeness (QED) is 0.643. The molecule has 3 N–H and O–H groups in total. The van der Waals surface area contributed by atoms with Crippen molar-refractivity contribution < 1.29 is 14.6 Å². The molecule has 0 aliphatic rings. The highest BCUT2D eigenvalue weighted by Gasteiger charge is 2.13. The summed E-state index contributed by atoms with van der Waals surface area (Å²) in [5, 5.41) is 20.3. The van der Waals surface area contributed by atoms with Crippen molar-refractivity contribution >= 4 is 5.82 Å². The van der Waals surface area contributed by atoms with Crippen LogP contribution in [0.25, 0.3) is 0 Å². The van der Waals surface area contributed by atoms with Gasteiger partial charge >= 0.3 is 0 Å². The molecule has 0 aliphatic heterocycles. The van der Waals surface area contributed by atoms with Gasteiger partial charge in [0.05, 0.1) is 12.7 Å². The normalized spacial score (nSPS) is 12.5. The van der Waals surface area contributed by atoms with Gasteiger partial charge in [-0.05, 0) is 38.8 Å². The van der Waals surface area contributed by atoms with Gasteiger partial charge in [-0.1, -0.05) is 13.8 Å². The first-order valence-corrected chi connectivity index (χ1v) is 8.24. The minimum absolute atomic E-state index is 0.0392. The number of nitrogens with one attached hydrogen (secondary N) is 2. The van der Waals surface area contributed by atoms with E-state index in [1.807, 2.05) is 39.0 Å². The van der Waals surface area contributed by atoms with Crippen molar-refractivity contribution in [1.29, 1.82) is 0 Å². The monoisotopic (exact) mass is 333 g/mol. The first-order chi connectivity index (χ1) is 11.3. The average Bonchev–Trinajstić information content (AvgIpc) is 2.89. The summed E-state index contributed by atoms with van der Waals surface area (Å²) in [4.78, 5) is 0. The second kappa shape index (κ2) is 8.06. The fourth-order valence-corrected chi connectivity index (χ4v) is 2.15. The Morgan fingerprint density at radius 1 is 1.12 bits per heavy atom. The Labute approximate surface area is 143 Å². The lowest BCUT2D eigenvalue weighted by Crippen LogP contribution is -2.12. The number of hydrogen-bond acceptors (Lipinski definition) is 5. The van der Waals surface area contributed by atoms with Gasteiger partial charge in [-0.25, -0.2) is 0 Å². The molecule has 0 aliphatic carbocycles. The fraction of sp³-hybridized carbons (Fsp3) is 0.500. The van der Waals surface area contributed by atoms with Crippen molar-refractivity contribution in [1.82, 2.24) is 10.2 Å². The highest BCUT2D eigenvalue weighted by molar-refractivity contribution is 5.43. The topological polar surface area (TPSA) is 79.4 Å². The summed E-state index contributed by atoms with van der Waals surface area (Å²) in [6.45, 7) is 10.6. The number of aliphatic hydroxyl groups is 1. The molecule has 2 aromatic rings. The van der Waals surface area contributed by atoms with E-state index < -0.39 is 6.23 Å². The van der Waals surface area contributed by atoms with E-state index >= 15 is 0 Å². The number of H-pyrrole nitrogens is 1. The molecule has 0 bridgehead atoms. The molecular weight excluding hydrogens is 306 g/mol. The van der Waals surface area contributed by atoms with E-state index in [2.05, 4.69) is 29.4 Å². The SMILES string of the molecule is Cc1cc(NC(O)c2cc(OCC(C)C)cc(OC(C)C)c2)n[nH]1. The summed E-state index contributed by atoms with van der Waals surface area (Å²) in [5.74, 6) is 2.34. The van der Waals surface area contributed by atoms with Crippen molar-refractivity contribution in [3.8, 4) is 11.5 Å². The molecule has 2 rings (SSSR count). The first-order valence-electron chi connectivity index (χ1n) is 8.24. The summed E-state index contributed by atoms with van der Waals surface area (Å²) in [6, 6.07) is 7.29. The minimum atomic E-state index is -0.912. The molecule has 0 radical (unpaired) electrons. The summed E-state index contributed by atoms with van der Waals surface area (Å²) in [7, 11) is 0. The van der Waals surface area contributed by atoms with E-state index in [1.165, 1.54) is 0 Å². The molecule has 24 heavy (non-hydrogen) atoms. The van der Waals surface area contributed by atoms with Crippen molar-refractivity contribution in [3.05, 3.63) is 35.5 Å². The smallest absolute Gasteiger partial charge is 0.152 e. The van der Waals surface area contributed by atoms with Crippen LogP contribution < -0.4 is 14.8 Å². The third kappa shape index (κ3) is 5.45. The standard InChI is InChI=1S/C18H27N3O3/c1-11(2)10-23-15-7-14(8-16(9-15)24-12(3)4)18(22)19-17-6-13(5)20-21-17/h6-9,11-12,18,22H,10H2,1-5H3,(H2,19,20,21). The Bertz CT molecular complexity index is 653. The average molecular weight is 333 g/mol. The number of ether oxygens (including phenoxy) is 2. The van der Waals surface area contributed by atoms with Gasteiger partial charge in [-0.2, -0.15) is 5.10 Å². The highest BCUT2D eigenvalue weighted by atomic mass is 16.5. The van der Waals surface area contributed by atoms with E-state index in [4.69, 9.17) is 9.47 Å². The van der Waals surface area contributed by atoms with Gasteiger partial charge in [-0.15, -0.1) is 0 Å². The third-order valence-electron chi connectivity index (χ3n) is 3.16.